The predicted octanol–water partition coefficient (Wildman–Crippen LogP) is 3.80. The molecule has 20 heavy (non-hydrogen) atoms. The summed E-state index contributed by atoms with van der Waals surface area (Å²) in [7, 11) is 1.68. The summed E-state index contributed by atoms with van der Waals surface area (Å²) < 4.78 is 11.4. The first-order valence-corrected chi connectivity index (χ1v) is 7.39. The standard InChI is InChI=1S/C17H29NO2/c1-7-10-18-16(17(3,4)5)12-20-14-9-8-13(2)11-15(14)19-6/h8-9,11,16,18H,7,10,12H2,1-6H3. The molecule has 3 nitrogen and oxygen atoms in total. The summed E-state index contributed by atoms with van der Waals surface area (Å²) >= 11 is 0. The van der Waals surface area contributed by atoms with E-state index in [4.69, 9.17) is 9.47 Å². The molecular weight excluding hydrogens is 250 g/mol. The second-order valence-electron chi connectivity index (χ2n) is 6.34. The number of ether oxygens (including phenoxy) is 2. The molecule has 1 N–H and O–H groups in total. The fourth-order valence-corrected chi connectivity index (χ4v) is 2.00. The van der Waals surface area contributed by atoms with E-state index >= 15 is 0 Å². The third-order valence-corrected chi connectivity index (χ3v) is 3.41. The van der Waals surface area contributed by atoms with Crippen molar-refractivity contribution in [3.63, 3.8) is 0 Å². The topological polar surface area (TPSA) is 30.5 Å². The number of nitrogens with one attached hydrogen (secondary N) is 1. The van der Waals surface area contributed by atoms with Crippen LogP contribution in [0.25, 0.3) is 0 Å². The van der Waals surface area contributed by atoms with Gasteiger partial charge in [0.2, 0.25) is 0 Å². The maximum Gasteiger partial charge on any atom is 0.161 e. The van der Waals surface area contributed by atoms with Crippen molar-refractivity contribution >= 4 is 0 Å². The average Bonchev–Trinajstić information content (AvgIpc) is 2.38. The summed E-state index contributed by atoms with van der Waals surface area (Å²) in [6, 6.07) is 6.34. The minimum absolute atomic E-state index is 0.160. The molecular formula is C17H29NO2. The number of hydrogen-bond acceptors (Lipinski definition) is 3. The molecule has 0 amide bonds. The van der Waals surface area contributed by atoms with Crippen molar-refractivity contribution in [1.82, 2.24) is 5.32 Å². The molecule has 0 aliphatic carbocycles. The zero-order valence-corrected chi connectivity index (χ0v) is 13.7. The molecule has 114 valence electrons. The van der Waals surface area contributed by atoms with E-state index in [1.165, 1.54) is 5.56 Å². The molecule has 1 aromatic rings. The number of hydrogen-bond donors (Lipinski definition) is 1. The Morgan fingerprint density at radius 3 is 2.45 bits per heavy atom. The Balaban J connectivity index is 2.72. The molecule has 1 rings (SSSR count). The van der Waals surface area contributed by atoms with Crippen LogP contribution in [0.2, 0.25) is 0 Å². The van der Waals surface area contributed by atoms with E-state index < -0.39 is 0 Å². The van der Waals surface area contributed by atoms with Gasteiger partial charge in [-0.1, -0.05) is 33.8 Å². The molecule has 0 aliphatic heterocycles. The van der Waals surface area contributed by atoms with Crippen LogP contribution in [-0.2, 0) is 0 Å². The fourth-order valence-electron chi connectivity index (χ4n) is 2.00. The fraction of sp³-hybridized carbons (Fsp3) is 0.647. The van der Waals surface area contributed by atoms with Gasteiger partial charge < -0.3 is 14.8 Å². The van der Waals surface area contributed by atoms with Crippen LogP contribution in [0.5, 0.6) is 11.5 Å². The largest absolute Gasteiger partial charge is 0.493 e. The van der Waals surface area contributed by atoms with E-state index in [0.717, 1.165) is 24.5 Å². The Labute approximate surface area is 123 Å². The van der Waals surface area contributed by atoms with Gasteiger partial charge in [-0.3, -0.25) is 0 Å². The molecule has 0 saturated heterocycles. The van der Waals surface area contributed by atoms with Crippen LogP contribution in [0.1, 0.15) is 39.7 Å². The normalized spacial score (nSPS) is 13.1. The highest BCUT2D eigenvalue weighted by Crippen LogP contribution is 2.29. The lowest BCUT2D eigenvalue weighted by Gasteiger charge is -2.31. The van der Waals surface area contributed by atoms with Gasteiger partial charge in [-0.25, -0.2) is 0 Å². The summed E-state index contributed by atoms with van der Waals surface area (Å²) in [6.07, 6.45) is 1.13. The van der Waals surface area contributed by atoms with Gasteiger partial charge in [-0.05, 0) is 43.0 Å². The van der Waals surface area contributed by atoms with Gasteiger partial charge in [0.1, 0.15) is 6.61 Å². The molecule has 1 atom stereocenters. The second-order valence-corrected chi connectivity index (χ2v) is 6.34. The first-order valence-electron chi connectivity index (χ1n) is 7.39. The molecule has 3 heteroatoms. The zero-order valence-electron chi connectivity index (χ0n) is 13.7. The van der Waals surface area contributed by atoms with E-state index in [-0.39, 0.29) is 5.41 Å². The molecule has 0 aliphatic rings. The zero-order chi connectivity index (χ0) is 15.2. The molecule has 0 saturated carbocycles. The van der Waals surface area contributed by atoms with E-state index in [1.54, 1.807) is 7.11 Å². The molecule has 1 unspecified atom stereocenters. The van der Waals surface area contributed by atoms with E-state index in [1.807, 2.05) is 25.1 Å². The first kappa shape index (κ1) is 16.8. The monoisotopic (exact) mass is 279 g/mol. The third-order valence-electron chi connectivity index (χ3n) is 3.41. The quantitative estimate of drug-likeness (QED) is 0.823. The van der Waals surface area contributed by atoms with Crippen LogP contribution in [0.3, 0.4) is 0 Å². The van der Waals surface area contributed by atoms with Gasteiger partial charge in [0, 0.05) is 6.04 Å². The van der Waals surface area contributed by atoms with Crippen LogP contribution in [0, 0.1) is 12.3 Å². The minimum atomic E-state index is 0.160. The molecule has 0 fully saturated rings. The summed E-state index contributed by atoms with van der Waals surface area (Å²) in [5.74, 6) is 1.61. The Morgan fingerprint density at radius 1 is 1.20 bits per heavy atom. The van der Waals surface area contributed by atoms with Gasteiger partial charge in [-0.15, -0.1) is 0 Å². The van der Waals surface area contributed by atoms with Gasteiger partial charge in [0.05, 0.1) is 7.11 Å². The smallest absolute Gasteiger partial charge is 0.161 e. The lowest BCUT2D eigenvalue weighted by atomic mass is 9.87. The lowest BCUT2D eigenvalue weighted by Crippen LogP contribution is -2.45. The summed E-state index contributed by atoms with van der Waals surface area (Å²) in [5.41, 5.74) is 1.33. The highest BCUT2D eigenvalue weighted by atomic mass is 16.5. The second kappa shape index (κ2) is 7.53. The molecule has 0 heterocycles. The molecule has 0 bridgehead atoms. The lowest BCUT2D eigenvalue weighted by molar-refractivity contribution is 0.170. The van der Waals surface area contributed by atoms with Gasteiger partial charge in [0.25, 0.3) is 0 Å². The SMILES string of the molecule is CCCNC(COc1ccc(C)cc1OC)C(C)(C)C. The Hall–Kier alpha value is -1.22. The molecule has 1 aromatic carbocycles. The Kier molecular flexibility index (Phi) is 6.34. The van der Waals surface area contributed by atoms with Crippen molar-refractivity contribution in [3.05, 3.63) is 23.8 Å². The first-order chi connectivity index (χ1) is 9.38. The average molecular weight is 279 g/mol. The highest BCUT2D eigenvalue weighted by Gasteiger charge is 2.24. The van der Waals surface area contributed by atoms with Gasteiger partial charge in [0.15, 0.2) is 11.5 Å². The van der Waals surface area contributed by atoms with Crippen LogP contribution in [0.4, 0.5) is 0 Å². The van der Waals surface area contributed by atoms with Crippen LogP contribution >= 0.6 is 0 Å². The van der Waals surface area contributed by atoms with Gasteiger partial charge in [-0.2, -0.15) is 0 Å². The summed E-state index contributed by atoms with van der Waals surface area (Å²) in [5, 5.41) is 3.56. The van der Waals surface area contributed by atoms with Crippen molar-refractivity contribution in [2.75, 3.05) is 20.3 Å². The summed E-state index contributed by atoms with van der Waals surface area (Å²) in [6.45, 7) is 12.6. The van der Waals surface area contributed by atoms with Crippen LogP contribution in [-0.4, -0.2) is 26.3 Å². The van der Waals surface area contributed by atoms with Crippen molar-refractivity contribution in [2.24, 2.45) is 5.41 Å². The van der Waals surface area contributed by atoms with Crippen LogP contribution in [0.15, 0.2) is 18.2 Å². The van der Waals surface area contributed by atoms with Gasteiger partial charge >= 0.3 is 0 Å². The van der Waals surface area contributed by atoms with Crippen LogP contribution < -0.4 is 14.8 Å². The number of rotatable bonds is 7. The third kappa shape index (κ3) is 5.04. The maximum atomic E-state index is 5.98. The minimum Gasteiger partial charge on any atom is -0.493 e. The molecule has 0 radical (unpaired) electrons. The number of methoxy groups -OCH3 is 1. The van der Waals surface area contributed by atoms with Crippen molar-refractivity contribution in [1.29, 1.82) is 0 Å². The molecule has 0 spiro atoms. The predicted molar refractivity (Wildman–Crippen MR) is 84.8 cm³/mol. The van der Waals surface area contributed by atoms with Crippen molar-refractivity contribution < 1.29 is 9.47 Å². The molecule has 0 aromatic heterocycles. The Bertz CT molecular complexity index is 410. The van der Waals surface area contributed by atoms with Crippen molar-refractivity contribution in [3.8, 4) is 11.5 Å². The van der Waals surface area contributed by atoms with Crippen molar-refractivity contribution in [2.45, 2.75) is 47.1 Å². The highest BCUT2D eigenvalue weighted by molar-refractivity contribution is 5.42. The van der Waals surface area contributed by atoms with E-state index in [9.17, 15) is 0 Å². The maximum absolute atomic E-state index is 5.98. The van der Waals surface area contributed by atoms with E-state index in [2.05, 4.69) is 33.0 Å². The summed E-state index contributed by atoms with van der Waals surface area (Å²) in [4.78, 5) is 0. The number of benzene rings is 1. The Morgan fingerprint density at radius 2 is 1.90 bits per heavy atom. The number of aryl methyl sites for hydroxylation is 1. The van der Waals surface area contributed by atoms with E-state index in [0.29, 0.717) is 12.6 Å².